The van der Waals surface area contributed by atoms with Crippen LogP contribution in [0.1, 0.15) is 113 Å². The van der Waals surface area contributed by atoms with Crippen LogP contribution in [-0.4, -0.2) is 84.8 Å². The smallest absolute Gasteiger partial charge is 0.424 e. The maximum absolute atomic E-state index is 17.1. The lowest BCUT2D eigenvalue weighted by Gasteiger charge is -2.44. The highest BCUT2D eigenvalue weighted by molar-refractivity contribution is 6.12. The molecule has 0 spiro atoms. The number of aliphatic hydroxyl groups excluding tert-OH is 1. The molecule has 16 heteroatoms. The number of aryl methyl sites for hydroxylation is 1. The largest absolute Gasteiger partial charge is 0.444 e. The van der Waals surface area contributed by atoms with E-state index in [1.54, 1.807) is 91.2 Å². The molecule has 0 unspecified atom stereocenters. The van der Waals surface area contributed by atoms with Crippen LogP contribution in [0.2, 0.25) is 0 Å². The third kappa shape index (κ3) is 10.1. The van der Waals surface area contributed by atoms with Gasteiger partial charge >= 0.3 is 24.0 Å². The van der Waals surface area contributed by atoms with E-state index in [0.717, 1.165) is 12.1 Å². The summed E-state index contributed by atoms with van der Waals surface area (Å²) in [4.78, 5) is 68.7. The van der Waals surface area contributed by atoms with Crippen LogP contribution in [0, 0.1) is 18.6 Å². The van der Waals surface area contributed by atoms with Crippen molar-refractivity contribution in [2.24, 2.45) is 0 Å². The van der Waals surface area contributed by atoms with Gasteiger partial charge < -0.3 is 29.1 Å². The number of rotatable bonds is 6. The minimum atomic E-state index is -1.21. The molecule has 4 aromatic rings. The Morgan fingerprint density at radius 2 is 1.44 bits per heavy atom. The first-order valence-electron chi connectivity index (χ1n) is 20.3. The van der Waals surface area contributed by atoms with Gasteiger partial charge in [0.25, 0.3) is 0 Å². The van der Waals surface area contributed by atoms with Crippen LogP contribution >= 0.6 is 0 Å². The van der Waals surface area contributed by atoms with Crippen LogP contribution in [0.25, 0.3) is 28.0 Å². The van der Waals surface area contributed by atoms with Gasteiger partial charge in [-0.05, 0) is 124 Å². The number of nitrogens with zero attached hydrogens (tertiary/aromatic N) is 6. The molecule has 2 aromatic heterocycles. The number of benzene rings is 2. The lowest BCUT2D eigenvalue weighted by Crippen LogP contribution is -2.59. The number of carbonyl (C=O) groups is 3. The maximum Gasteiger partial charge on any atom is 0.424 e. The number of hydrogen-bond donors (Lipinski definition) is 1. The number of amides is 3. The van der Waals surface area contributed by atoms with Crippen molar-refractivity contribution in [3.63, 3.8) is 0 Å². The Morgan fingerprint density at radius 3 is 1.98 bits per heavy atom. The molecule has 1 aliphatic heterocycles. The highest BCUT2D eigenvalue weighted by atomic mass is 19.1. The minimum absolute atomic E-state index is 0.0750. The summed E-state index contributed by atoms with van der Waals surface area (Å²) < 4.78 is 51.6. The zero-order chi connectivity index (χ0) is 45.7. The predicted octanol–water partition coefficient (Wildman–Crippen LogP) is 9.16. The summed E-state index contributed by atoms with van der Waals surface area (Å²) in [5, 5.41) is 10.2. The second-order valence-corrected chi connectivity index (χ2v) is 18.8. The van der Waals surface area contributed by atoms with E-state index in [1.165, 1.54) is 16.7 Å². The van der Waals surface area contributed by atoms with Gasteiger partial charge in [0.1, 0.15) is 34.1 Å². The topological polar surface area (TPSA) is 157 Å². The molecule has 3 amide bonds. The Labute approximate surface area is 355 Å². The summed E-state index contributed by atoms with van der Waals surface area (Å²) in [7, 11) is 0. The summed E-state index contributed by atoms with van der Waals surface area (Å²) in [5.41, 5.74) is -3.31. The Balaban J connectivity index is 1.86. The van der Waals surface area contributed by atoms with Gasteiger partial charge in [-0.2, -0.15) is 9.88 Å². The molecule has 330 valence electrons. The molecule has 0 saturated carbocycles. The first-order valence-corrected chi connectivity index (χ1v) is 20.3. The van der Waals surface area contributed by atoms with Gasteiger partial charge in [0.15, 0.2) is 11.5 Å². The molecule has 0 aliphatic carbocycles. The van der Waals surface area contributed by atoms with Crippen molar-refractivity contribution >= 4 is 40.8 Å². The van der Waals surface area contributed by atoms with Crippen LogP contribution in [-0.2, 0) is 20.8 Å². The molecule has 1 saturated heterocycles. The molecule has 2 aromatic carbocycles. The molecule has 1 N–H and O–H groups in total. The summed E-state index contributed by atoms with van der Waals surface area (Å²) >= 11 is 0. The summed E-state index contributed by atoms with van der Waals surface area (Å²) in [6, 6.07) is 7.20. The Morgan fingerprint density at radius 1 is 0.852 bits per heavy atom. The second kappa shape index (κ2) is 17.0. The number of hydrogen-bond acceptors (Lipinski definition) is 11. The van der Waals surface area contributed by atoms with Crippen molar-refractivity contribution in [1.29, 1.82) is 0 Å². The molecule has 3 heterocycles. The Hall–Kier alpha value is -5.64. The summed E-state index contributed by atoms with van der Waals surface area (Å²) in [5.74, 6) is -2.23. The molecule has 2 atom stereocenters. The van der Waals surface area contributed by atoms with Crippen molar-refractivity contribution in [1.82, 2.24) is 19.4 Å². The normalized spacial score (nSPS) is 16.2. The summed E-state index contributed by atoms with van der Waals surface area (Å²) in [6.07, 6.45) is -2.94. The molecule has 0 radical (unpaired) electrons. The van der Waals surface area contributed by atoms with Crippen molar-refractivity contribution < 1.29 is 42.5 Å². The van der Waals surface area contributed by atoms with Crippen molar-refractivity contribution in [2.75, 3.05) is 22.9 Å². The van der Waals surface area contributed by atoms with Crippen LogP contribution in [0.15, 0.2) is 41.2 Å². The molecule has 1 aliphatic rings. The highest BCUT2D eigenvalue weighted by Crippen LogP contribution is 2.39. The third-order valence-electron chi connectivity index (χ3n) is 9.73. The monoisotopic (exact) mass is 848 g/mol. The number of ether oxygens (including phenoxy) is 3. The van der Waals surface area contributed by atoms with E-state index < -0.39 is 81.4 Å². The van der Waals surface area contributed by atoms with Gasteiger partial charge in [-0.1, -0.05) is 32.0 Å². The van der Waals surface area contributed by atoms with Gasteiger partial charge in [0, 0.05) is 25.2 Å². The van der Waals surface area contributed by atoms with Crippen LogP contribution < -0.4 is 15.5 Å². The zero-order valence-corrected chi connectivity index (χ0v) is 37.6. The molecule has 14 nitrogen and oxygen atoms in total. The molecule has 61 heavy (non-hydrogen) atoms. The van der Waals surface area contributed by atoms with Crippen LogP contribution in [0.4, 0.5) is 34.7 Å². The second-order valence-electron chi connectivity index (χ2n) is 18.8. The number of anilines is 2. The van der Waals surface area contributed by atoms with Gasteiger partial charge in [0.2, 0.25) is 0 Å². The number of aliphatic hydroxyl groups is 1. The van der Waals surface area contributed by atoms with E-state index in [2.05, 4.69) is 4.98 Å². The van der Waals surface area contributed by atoms with Crippen molar-refractivity contribution in [3.8, 4) is 16.9 Å². The fraction of sp³-hybridized carbons (Fsp3) is 0.511. The molecule has 1 fully saturated rings. The number of piperazine rings is 1. The van der Waals surface area contributed by atoms with E-state index in [1.807, 2.05) is 27.7 Å². The van der Waals surface area contributed by atoms with Crippen molar-refractivity contribution in [2.45, 2.75) is 138 Å². The number of imide groups is 1. The fourth-order valence-electron chi connectivity index (χ4n) is 7.24. The predicted molar refractivity (Wildman–Crippen MR) is 229 cm³/mol. The van der Waals surface area contributed by atoms with E-state index >= 15 is 8.78 Å². The lowest BCUT2D eigenvalue weighted by atomic mass is 9.95. The third-order valence-corrected chi connectivity index (χ3v) is 9.73. The summed E-state index contributed by atoms with van der Waals surface area (Å²) in [6.45, 7) is 24.1. The quantitative estimate of drug-likeness (QED) is 0.185. The standard InChI is InChI=1S/C45H58F2N6O8/c1-24(2)29-19-28(23-54)18-25(3)36(29)53-38-30(37(49-39(53)55)50-21-27(5)51(22-26(50)4)40(56)59-43(6,7)8)20-32(47)35(48-38)34-31(46)16-15-17-33(34)52(41(57)60-44(9,10)11)42(58)61-45(12,13)14/h15-20,24,26-27,54H,21-23H2,1-14H3/t26-,27+/m0/s1. The van der Waals surface area contributed by atoms with E-state index in [0.29, 0.717) is 27.3 Å². The number of carbonyl (C=O) groups excluding carboxylic acids is 3. The lowest BCUT2D eigenvalue weighted by molar-refractivity contribution is 0.0129. The zero-order valence-electron chi connectivity index (χ0n) is 37.6. The van der Waals surface area contributed by atoms with Gasteiger partial charge in [-0.15, -0.1) is 0 Å². The van der Waals surface area contributed by atoms with Gasteiger partial charge in [-0.25, -0.2) is 37.5 Å². The van der Waals surface area contributed by atoms with Crippen molar-refractivity contribution in [3.05, 3.63) is 75.2 Å². The fourth-order valence-corrected chi connectivity index (χ4v) is 7.24. The molecule has 0 bridgehead atoms. The SMILES string of the molecule is Cc1cc(CO)cc(C(C)C)c1-n1c(=O)nc(N2C[C@@H](C)N(C(=O)OC(C)(C)C)C[C@@H]2C)c2cc(F)c(-c3c(F)cccc3N(C(=O)OC(C)(C)C)C(=O)OC(C)(C)C)nc21. The van der Waals surface area contributed by atoms with E-state index in [4.69, 9.17) is 19.2 Å². The van der Waals surface area contributed by atoms with Gasteiger partial charge in [-0.3, -0.25) is 0 Å². The average Bonchev–Trinajstić information content (AvgIpc) is 3.10. The first-order chi connectivity index (χ1) is 28.1. The van der Waals surface area contributed by atoms with Crippen LogP contribution in [0.3, 0.4) is 0 Å². The highest BCUT2D eigenvalue weighted by Gasteiger charge is 2.39. The van der Waals surface area contributed by atoms with E-state index in [9.17, 15) is 24.3 Å². The maximum atomic E-state index is 17.1. The first kappa shape index (κ1) is 46.4. The minimum Gasteiger partial charge on any atom is -0.444 e. The van der Waals surface area contributed by atoms with Crippen LogP contribution in [0.5, 0.6) is 0 Å². The van der Waals surface area contributed by atoms with E-state index in [-0.39, 0.29) is 42.5 Å². The average molecular weight is 849 g/mol. The Bertz CT molecular complexity index is 2390. The molecular formula is C45H58F2N6O8. The Kier molecular flexibility index (Phi) is 13.0. The number of aromatic nitrogens is 3. The molecular weight excluding hydrogens is 791 g/mol. The number of pyridine rings is 1. The molecule has 5 rings (SSSR count). The number of fused-ring (bicyclic) bond motifs is 1. The number of halogens is 2. The van der Waals surface area contributed by atoms with Gasteiger partial charge in [0.05, 0.1) is 28.9 Å².